The van der Waals surface area contributed by atoms with E-state index in [-0.39, 0.29) is 11.5 Å². The standard InChI is InChI=1S/C17H27NO3S/c1-3-14(18-21-4-2)10-15-16(19)8-13(9-17(15)20)12-6-5-7-22-11-12/h12-13,19H,3-11H2,1-2H3. The zero-order valence-electron chi connectivity index (χ0n) is 13.6. The van der Waals surface area contributed by atoms with Gasteiger partial charge in [-0.2, -0.15) is 11.8 Å². The van der Waals surface area contributed by atoms with Gasteiger partial charge in [0.2, 0.25) is 0 Å². The molecule has 1 N–H and O–H groups in total. The van der Waals surface area contributed by atoms with E-state index in [4.69, 9.17) is 4.84 Å². The van der Waals surface area contributed by atoms with Gasteiger partial charge in [-0.05, 0) is 49.5 Å². The Morgan fingerprint density at radius 1 is 1.36 bits per heavy atom. The second-order valence-electron chi connectivity index (χ2n) is 6.10. The summed E-state index contributed by atoms with van der Waals surface area (Å²) in [4.78, 5) is 17.5. The summed E-state index contributed by atoms with van der Waals surface area (Å²) in [6.07, 6.45) is 4.81. The average Bonchev–Trinajstić information content (AvgIpc) is 2.54. The van der Waals surface area contributed by atoms with Crippen molar-refractivity contribution in [1.29, 1.82) is 0 Å². The molecular formula is C17H27NO3S. The highest BCUT2D eigenvalue weighted by Gasteiger charge is 2.33. The number of rotatable bonds is 6. The minimum absolute atomic E-state index is 0.0990. The SMILES string of the molecule is CCON=C(CC)CC1=C(O)CC(C2CCCSC2)CC1=O. The molecule has 4 nitrogen and oxygen atoms in total. The Balaban J connectivity index is 2.04. The third-order valence-electron chi connectivity index (χ3n) is 4.56. The third kappa shape index (κ3) is 4.51. The third-order valence-corrected chi connectivity index (χ3v) is 5.80. The zero-order valence-corrected chi connectivity index (χ0v) is 14.5. The van der Waals surface area contributed by atoms with Gasteiger partial charge in [-0.1, -0.05) is 12.1 Å². The first-order valence-corrected chi connectivity index (χ1v) is 9.50. The highest BCUT2D eigenvalue weighted by molar-refractivity contribution is 7.99. The van der Waals surface area contributed by atoms with Crippen LogP contribution in [0.2, 0.25) is 0 Å². The predicted octanol–water partition coefficient (Wildman–Crippen LogP) is 4.11. The minimum atomic E-state index is 0.0990. The van der Waals surface area contributed by atoms with Gasteiger partial charge in [0, 0.05) is 24.8 Å². The predicted molar refractivity (Wildman–Crippen MR) is 91.4 cm³/mol. The molecule has 2 aliphatic rings. The normalized spacial score (nSPS) is 27.2. The molecular weight excluding hydrogens is 298 g/mol. The quantitative estimate of drug-likeness (QED) is 0.589. The van der Waals surface area contributed by atoms with Crippen LogP contribution in [0.3, 0.4) is 0 Å². The summed E-state index contributed by atoms with van der Waals surface area (Å²) in [5.41, 5.74) is 1.38. The van der Waals surface area contributed by atoms with Crippen molar-refractivity contribution in [2.45, 2.75) is 52.4 Å². The van der Waals surface area contributed by atoms with Gasteiger partial charge in [0.25, 0.3) is 0 Å². The molecule has 0 aromatic rings. The summed E-state index contributed by atoms with van der Waals surface area (Å²) in [5.74, 6) is 3.65. The molecule has 2 unspecified atom stereocenters. The van der Waals surface area contributed by atoms with Gasteiger partial charge >= 0.3 is 0 Å². The van der Waals surface area contributed by atoms with E-state index in [0.29, 0.717) is 43.3 Å². The van der Waals surface area contributed by atoms with Crippen molar-refractivity contribution in [3.8, 4) is 0 Å². The lowest BCUT2D eigenvalue weighted by atomic mass is 9.77. The molecule has 124 valence electrons. The van der Waals surface area contributed by atoms with Crippen LogP contribution in [0.25, 0.3) is 0 Å². The summed E-state index contributed by atoms with van der Waals surface area (Å²) in [6, 6.07) is 0. The second kappa shape index (κ2) is 8.61. The molecule has 1 aliphatic heterocycles. The van der Waals surface area contributed by atoms with Gasteiger partial charge < -0.3 is 9.94 Å². The van der Waals surface area contributed by atoms with Crippen LogP contribution in [0.15, 0.2) is 16.5 Å². The van der Waals surface area contributed by atoms with Crippen molar-refractivity contribution >= 4 is 23.3 Å². The first-order chi connectivity index (χ1) is 10.7. The van der Waals surface area contributed by atoms with Crippen LogP contribution in [-0.4, -0.2) is 34.7 Å². The van der Waals surface area contributed by atoms with E-state index in [9.17, 15) is 9.90 Å². The Hall–Kier alpha value is -0.970. The van der Waals surface area contributed by atoms with Crippen LogP contribution in [-0.2, 0) is 9.63 Å². The summed E-state index contributed by atoms with van der Waals surface area (Å²) in [5, 5.41) is 14.4. The van der Waals surface area contributed by atoms with Crippen LogP contribution in [0.4, 0.5) is 0 Å². The van der Waals surface area contributed by atoms with E-state index in [1.165, 1.54) is 18.6 Å². The molecule has 2 rings (SSSR count). The Morgan fingerprint density at radius 2 is 2.18 bits per heavy atom. The number of hydrogen-bond donors (Lipinski definition) is 1. The number of aliphatic hydroxyl groups excluding tert-OH is 1. The van der Waals surface area contributed by atoms with E-state index < -0.39 is 0 Å². The Kier molecular flexibility index (Phi) is 6.80. The van der Waals surface area contributed by atoms with Crippen molar-refractivity contribution in [1.82, 2.24) is 0 Å². The molecule has 1 fully saturated rings. The highest BCUT2D eigenvalue weighted by Crippen LogP contribution is 2.38. The van der Waals surface area contributed by atoms with E-state index >= 15 is 0 Å². The molecule has 0 bridgehead atoms. The smallest absolute Gasteiger partial charge is 0.162 e. The molecule has 5 heteroatoms. The molecule has 1 heterocycles. The number of thioether (sulfide) groups is 1. The molecule has 0 aromatic heterocycles. The maximum atomic E-state index is 12.5. The Labute approximate surface area is 137 Å². The topological polar surface area (TPSA) is 58.9 Å². The maximum Gasteiger partial charge on any atom is 0.162 e. The molecule has 2 atom stereocenters. The molecule has 1 saturated heterocycles. The number of oxime groups is 1. The molecule has 0 amide bonds. The van der Waals surface area contributed by atoms with Crippen molar-refractivity contribution in [3.63, 3.8) is 0 Å². The van der Waals surface area contributed by atoms with Gasteiger partial charge in [0.05, 0.1) is 11.5 Å². The number of aliphatic hydroxyl groups is 1. The lowest BCUT2D eigenvalue weighted by Crippen LogP contribution is -2.29. The minimum Gasteiger partial charge on any atom is -0.512 e. The van der Waals surface area contributed by atoms with Crippen molar-refractivity contribution in [2.24, 2.45) is 17.0 Å². The Bertz CT molecular complexity index is 453. The Morgan fingerprint density at radius 3 is 2.77 bits per heavy atom. The second-order valence-corrected chi connectivity index (χ2v) is 7.25. The molecule has 1 aliphatic carbocycles. The number of nitrogens with zero attached hydrogens (tertiary/aromatic N) is 1. The van der Waals surface area contributed by atoms with E-state index in [0.717, 1.165) is 17.9 Å². The number of allylic oxidation sites excluding steroid dienone is 2. The van der Waals surface area contributed by atoms with Crippen LogP contribution in [0.1, 0.15) is 52.4 Å². The highest BCUT2D eigenvalue weighted by atomic mass is 32.2. The number of hydrogen-bond acceptors (Lipinski definition) is 5. The van der Waals surface area contributed by atoms with E-state index in [1.807, 2.05) is 25.6 Å². The van der Waals surface area contributed by atoms with Gasteiger partial charge in [0.1, 0.15) is 6.61 Å². The number of carbonyl (C=O) groups is 1. The van der Waals surface area contributed by atoms with Crippen LogP contribution in [0.5, 0.6) is 0 Å². The van der Waals surface area contributed by atoms with Gasteiger partial charge in [0.15, 0.2) is 5.78 Å². The number of carbonyl (C=O) groups excluding carboxylic acids is 1. The van der Waals surface area contributed by atoms with Gasteiger partial charge in [-0.15, -0.1) is 0 Å². The molecule has 0 radical (unpaired) electrons. The molecule has 0 spiro atoms. The van der Waals surface area contributed by atoms with Gasteiger partial charge in [-0.3, -0.25) is 4.79 Å². The van der Waals surface area contributed by atoms with Crippen molar-refractivity contribution in [2.75, 3.05) is 18.1 Å². The lowest BCUT2D eigenvalue weighted by Gasteiger charge is -2.32. The summed E-state index contributed by atoms with van der Waals surface area (Å²) < 4.78 is 0. The van der Waals surface area contributed by atoms with Crippen LogP contribution < -0.4 is 0 Å². The van der Waals surface area contributed by atoms with Gasteiger partial charge in [-0.25, -0.2) is 0 Å². The monoisotopic (exact) mass is 325 g/mol. The van der Waals surface area contributed by atoms with Crippen molar-refractivity contribution < 1.29 is 14.7 Å². The largest absolute Gasteiger partial charge is 0.512 e. The molecule has 0 saturated carbocycles. The lowest BCUT2D eigenvalue weighted by molar-refractivity contribution is -0.117. The van der Waals surface area contributed by atoms with Crippen LogP contribution in [0, 0.1) is 11.8 Å². The fourth-order valence-electron chi connectivity index (χ4n) is 3.22. The summed E-state index contributed by atoms with van der Waals surface area (Å²) >= 11 is 1.98. The van der Waals surface area contributed by atoms with E-state index in [1.54, 1.807) is 0 Å². The molecule has 22 heavy (non-hydrogen) atoms. The summed E-state index contributed by atoms with van der Waals surface area (Å²) in [6.45, 7) is 4.39. The first kappa shape index (κ1) is 17.4. The maximum absolute atomic E-state index is 12.5. The fraction of sp³-hybridized carbons (Fsp3) is 0.765. The summed E-state index contributed by atoms with van der Waals surface area (Å²) in [7, 11) is 0. The van der Waals surface area contributed by atoms with Crippen LogP contribution >= 0.6 is 11.8 Å². The van der Waals surface area contributed by atoms with E-state index in [2.05, 4.69) is 5.16 Å². The number of ketones is 1. The fourth-order valence-corrected chi connectivity index (χ4v) is 4.50. The van der Waals surface area contributed by atoms with Crippen molar-refractivity contribution in [3.05, 3.63) is 11.3 Å². The zero-order chi connectivity index (χ0) is 15.9. The first-order valence-electron chi connectivity index (χ1n) is 8.35. The number of Topliss-reactive ketones (excluding diaryl/α,β-unsaturated/α-hetero) is 1. The molecule has 0 aromatic carbocycles. The average molecular weight is 325 g/mol.